The Balaban J connectivity index is 1.57. The summed E-state index contributed by atoms with van der Waals surface area (Å²) in [5.74, 6) is 1.55. The predicted octanol–water partition coefficient (Wildman–Crippen LogP) is 4.97. The average Bonchev–Trinajstić information content (AvgIpc) is 2.98. The number of rotatable bonds is 5. The summed E-state index contributed by atoms with van der Waals surface area (Å²) in [5.41, 5.74) is 2.40. The molecule has 1 atom stereocenters. The van der Waals surface area contributed by atoms with E-state index in [-0.39, 0.29) is 4.90 Å². The maximum atomic E-state index is 13.4. The molecule has 3 aromatic carbocycles. The summed E-state index contributed by atoms with van der Waals surface area (Å²) in [7, 11) is -3.90. The van der Waals surface area contributed by atoms with Crippen molar-refractivity contribution in [3.05, 3.63) is 89.7 Å². The summed E-state index contributed by atoms with van der Waals surface area (Å²) in [6.07, 6.45) is 0.746. The molecule has 4 aromatic rings. The number of sulfonamides is 1. The van der Waals surface area contributed by atoms with Crippen molar-refractivity contribution in [3.8, 4) is 11.5 Å². The Morgan fingerprint density at radius 3 is 2.38 bits per heavy atom. The second-order valence-electron chi connectivity index (χ2n) is 7.71. The molecule has 1 aliphatic heterocycles. The molecule has 0 bridgehead atoms. The van der Waals surface area contributed by atoms with Gasteiger partial charge in [0.05, 0.1) is 18.1 Å². The third-order valence-electron chi connectivity index (χ3n) is 5.58. The minimum absolute atomic E-state index is 0.108. The van der Waals surface area contributed by atoms with Gasteiger partial charge in [-0.1, -0.05) is 48.5 Å². The summed E-state index contributed by atoms with van der Waals surface area (Å²) in [6.45, 7) is 2.96. The molecule has 0 amide bonds. The lowest BCUT2D eigenvalue weighted by molar-refractivity contribution is 0.297. The Bertz CT molecular complexity index is 1360. The van der Waals surface area contributed by atoms with Crippen molar-refractivity contribution in [1.29, 1.82) is 0 Å². The molecule has 0 fully saturated rings. The number of hydrogen-bond acceptors (Lipinski definition) is 5. The molecule has 32 heavy (non-hydrogen) atoms. The molecular formula is C25H23NO5S. The van der Waals surface area contributed by atoms with Crippen LogP contribution < -0.4 is 14.2 Å². The Hall–Kier alpha value is -3.29. The molecule has 0 spiro atoms. The molecular weight excluding hydrogens is 426 g/mol. The van der Waals surface area contributed by atoms with Gasteiger partial charge in [0.25, 0.3) is 0 Å². The predicted molar refractivity (Wildman–Crippen MR) is 122 cm³/mol. The van der Waals surface area contributed by atoms with Gasteiger partial charge in [-0.3, -0.25) is 0 Å². The Kier molecular flexibility index (Phi) is 5.36. The van der Waals surface area contributed by atoms with Crippen LogP contribution in [0, 0.1) is 6.92 Å². The van der Waals surface area contributed by atoms with Gasteiger partial charge in [-0.2, -0.15) is 4.72 Å². The molecule has 1 N–H and O–H groups in total. The third-order valence-corrected chi connectivity index (χ3v) is 7.00. The average molecular weight is 450 g/mol. The lowest BCUT2D eigenvalue weighted by Crippen LogP contribution is -2.29. The van der Waals surface area contributed by atoms with Gasteiger partial charge >= 0.3 is 0 Å². The highest BCUT2D eigenvalue weighted by molar-refractivity contribution is 7.89. The van der Waals surface area contributed by atoms with E-state index in [4.69, 9.17) is 13.9 Å². The maximum Gasteiger partial charge on any atom is 0.241 e. The van der Waals surface area contributed by atoms with Crippen LogP contribution in [-0.4, -0.2) is 21.6 Å². The van der Waals surface area contributed by atoms with Gasteiger partial charge in [0.15, 0.2) is 11.5 Å². The molecule has 164 valence electrons. The quantitative estimate of drug-likeness (QED) is 0.465. The summed E-state index contributed by atoms with van der Waals surface area (Å²) >= 11 is 0. The van der Waals surface area contributed by atoms with Gasteiger partial charge in [-0.15, -0.1) is 0 Å². The zero-order valence-electron chi connectivity index (χ0n) is 17.6. The van der Waals surface area contributed by atoms with E-state index in [1.165, 1.54) is 12.1 Å². The fraction of sp³-hybridized carbons (Fsp3) is 0.200. The minimum atomic E-state index is -3.90. The van der Waals surface area contributed by atoms with E-state index in [2.05, 4.69) is 4.72 Å². The molecule has 0 saturated carbocycles. The van der Waals surface area contributed by atoms with Crippen molar-refractivity contribution in [2.75, 3.05) is 13.2 Å². The molecule has 2 heterocycles. The van der Waals surface area contributed by atoms with E-state index < -0.39 is 16.1 Å². The molecule has 5 rings (SSSR count). The number of benzene rings is 3. The number of furan rings is 1. The second-order valence-corrected chi connectivity index (χ2v) is 9.43. The van der Waals surface area contributed by atoms with Crippen LogP contribution in [0.3, 0.4) is 0 Å². The lowest BCUT2D eigenvalue weighted by Gasteiger charge is -2.19. The van der Waals surface area contributed by atoms with E-state index in [0.717, 1.165) is 28.5 Å². The van der Waals surface area contributed by atoms with Crippen LogP contribution in [0.15, 0.2) is 82.1 Å². The van der Waals surface area contributed by atoms with E-state index in [1.807, 2.05) is 61.5 Å². The Morgan fingerprint density at radius 1 is 0.875 bits per heavy atom. The first-order valence-corrected chi connectivity index (χ1v) is 12.0. The molecule has 1 aliphatic rings. The van der Waals surface area contributed by atoms with Gasteiger partial charge < -0.3 is 13.9 Å². The van der Waals surface area contributed by atoms with Crippen LogP contribution in [0.5, 0.6) is 11.5 Å². The second kappa shape index (κ2) is 8.33. The minimum Gasteiger partial charge on any atom is -0.490 e. The molecule has 1 aromatic heterocycles. The number of aryl methyl sites for hydroxylation is 1. The molecule has 0 radical (unpaired) electrons. The molecule has 0 aliphatic carbocycles. The van der Waals surface area contributed by atoms with Gasteiger partial charge in [0, 0.05) is 23.4 Å². The van der Waals surface area contributed by atoms with Gasteiger partial charge in [-0.25, -0.2) is 8.42 Å². The maximum absolute atomic E-state index is 13.4. The Morgan fingerprint density at radius 2 is 1.59 bits per heavy atom. The fourth-order valence-corrected chi connectivity index (χ4v) is 5.12. The smallest absolute Gasteiger partial charge is 0.241 e. The lowest BCUT2D eigenvalue weighted by atomic mass is 10.0. The SMILES string of the molecule is Cc1c(C(NS(=O)(=O)c2ccc3c(c2)OCCCO3)c2ccccc2)oc2ccccc12. The summed E-state index contributed by atoms with van der Waals surface area (Å²) in [5, 5.41) is 0.957. The van der Waals surface area contributed by atoms with E-state index in [0.29, 0.717) is 30.5 Å². The summed E-state index contributed by atoms with van der Waals surface area (Å²) < 4.78 is 47.2. The fourth-order valence-electron chi connectivity index (χ4n) is 3.92. The van der Waals surface area contributed by atoms with Gasteiger partial charge in [-0.05, 0) is 30.7 Å². The van der Waals surface area contributed by atoms with Crippen molar-refractivity contribution in [3.63, 3.8) is 0 Å². The van der Waals surface area contributed by atoms with Crippen molar-refractivity contribution in [2.45, 2.75) is 24.3 Å². The number of hydrogen-bond donors (Lipinski definition) is 1. The number of fused-ring (bicyclic) bond motifs is 2. The Labute approximate surface area is 186 Å². The zero-order chi connectivity index (χ0) is 22.1. The first kappa shape index (κ1) is 20.6. The molecule has 7 heteroatoms. The highest BCUT2D eigenvalue weighted by atomic mass is 32.2. The van der Waals surface area contributed by atoms with Crippen molar-refractivity contribution < 1.29 is 22.3 Å². The largest absolute Gasteiger partial charge is 0.490 e. The normalized spacial score (nSPS) is 14.8. The summed E-state index contributed by atoms with van der Waals surface area (Å²) in [4.78, 5) is 0.108. The molecule has 1 unspecified atom stereocenters. The van der Waals surface area contributed by atoms with E-state index >= 15 is 0 Å². The van der Waals surface area contributed by atoms with Crippen molar-refractivity contribution >= 4 is 21.0 Å². The number of ether oxygens (including phenoxy) is 2. The van der Waals surface area contributed by atoms with Crippen LogP contribution in [0.1, 0.15) is 29.3 Å². The van der Waals surface area contributed by atoms with Crippen molar-refractivity contribution in [2.24, 2.45) is 0 Å². The van der Waals surface area contributed by atoms with Gasteiger partial charge in [0.2, 0.25) is 10.0 Å². The van der Waals surface area contributed by atoms with Crippen molar-refractivity contribution in [1.82, 2.24) is 4.72 Å². The van der Waals surface area contributed by atoms with Crippen LogP contribution >= 0.6 is 0 Å². The summed E-state index contributed by atoms with van der Waals surface area (Å²) in [6, 6.07) is 21.1. The van der Waals surface area contributed by atoms with Crippen LogP contribution in [-0.2, 0) is 10.0 Å². The van der Waals surface area contributed by atoms with Crippen LogP contribution in [0.25, 0.3) is 11.0 Å². The third kappa shape index (κ3) is 3.85. The van der Waals surface area contributed by atoms with Crippen LogP contribution in [0.4, 0.5) is 0 Å². The highest BCUT2D eigenvalue weighted by Gasteiger charge is 2.28. The number of nitrogens with one attached hydrogen (secondary N) is 1. The molecule has 0 saturated heterocycles. The standard InChI is InChI=1S/C25H23NO5S/c1-17-20-10-5-6-11-21(20)31-25(17)24(18-8-3-2-4-9-18)26-32(27,28)19-12-13-22-23(16-19)30-15-7-14-29-22/h2-6,8-13,16,24,26H,7,14-15H2,1H3. The van der Waals surface area contributed by atoms with Crippen LogP contribution in [0.2, 0.25) is 0 Å². The van der Waals surface area contributed by atoms with Gasteiger partial charge in [0.1, 0.15) is 17.4 Å². The first-order valence-electron chi connectivity index (χ1n) is 10.5. The topological polar surface area (TPSA) is 77.8 Å². The zero-order valence-corrected chi connectivity index (χ0v) is 18.4. The van der Waals surface area contributed by atoms with E-state index in [9.17, 15) is 8.42 Å². The van der Waals surface area contributed by atoms with E-state index in [1.54, 1.807) is 6.07 Å². The highest BCUT2D eigenvalue weighted by Crippen LogP contribution is 2.35. The number of para-hydroxylation sites is 1. The first-order chi connectivity index (χ1) is 15.5. The monoisotopic (exact) mass is 449 g/mol. The molecule has 6 nitrogen and oxygen atoms in total.